The van der Waals surface area contributed by atoms with E-state index >= 15 is 0 Å². The number of benzene rings is 1. The molecular weight excluding hydrogens is 222 g/mol. The summed E-state index contributed by atoms with van der Waals surface area (Å²) in [6, 6.07) is 4.25. The van der Waals surface area contributed by atoms with Gasteiger partial charge < -0.3 is 10.2 Å². The summed E-state index contributed by atoms with van der Waals surface area (Å²) in [6.45, 7) is 2.28. The molecule has 0 saturated heterocycles. The highest BCUT2D eigenvalue weighted by Crippen LogP contribution is 2.23. The third kappa shape index (κ3) is 2.93. The van der Waals surface area contributed by atoms with Crippen molar-refractivity contribution in [1.82, 2.24) is 5.32 Å². The first-order chi connectivity index (χ1) is 7.97. The van der Waals surface area contributed by atoms with Crippen LogP contribution in [0.1, 0.15) is 17.3 Å². The maximum Gasteiger partial charge on any atom is 0.270 e. The summed E-state index contributed by atoms with van der Waals surface area (Å²) >= 11 is 0. The molecule has 92 valence electrons. The Morgan fingerprint density at radius 3 is 2.59 bits per heavy atom. The van der Waals surface area contributed by atoms with Crippen LogP contribution in [0.2, 0.25) is 0 Å². The predicted molar refractivity (Wildman–Crippen MR) is 65.4 cm³/mol. The third-order valence-corrected chi connectivity index (χ3v) is 2.25. The number of nitro groups is 1. The zero-order valence-electron chi connectivity index (χ0n) is 10.1. The molecule has 0 heterocycles. The van der Waals surface area contributed by atoms with Crippen LogP contribution in [-0.4, -0.2) is 31.5 Å². The molecule has 0 unspecified atom stereocenters. The predicted octanol–water partition coefficient (Wildman–Crippen LogP) is 1.41. The molecule has 1 rings (SSSR count). The molecule has 0 spiro atoms. The molecule has 1 amide bonds. The molecule has 0 saturated carbocycles. The van der Waals surface area contributed by atoms with Crippen molar-refractivity contribution in [3.8, 4) is 0 Å². The van der Waals surface area contributed by atoms with Gasteiger partial charge in [0, 0.05) is 38.5 Å². The largest absolute Gasteiger partial charge is 0.377 e. The van der Waals surface area contributed by atoms with Crippen molar-refractivity contribution < 1.29 is 9.72 Å². The highest BCUT2D eigenvalue weighted by atomic mass is 16.6. The lowest BCUT2D eigenvalue weighted by atomic mass is 10.1. The second-order valence-electron chi connectivity index (χ2n) is 3.71. The van der Waals surface area contributed by atoms with Gasteiger partial charge in [0.05, 0.1) is 10.5 Å². The molecule has 1 aromatic carbocycles. The zero-order chi connectivity index (χ0) is 13.0. The van der Waals surface area contributed by atoms with Crippen molar-refractivity contribution in [3.05, 3.63) is 33.9 Å². The van der Waals surface area contributed by atoms with E-state index in [1.807, 2.05) is 0 Å². The monoisotopic (exact) mass is 237 g/mol. The minimum Gasteiger partial charge on any atom is -0.377 e. The standard InChI is InChI=1S/C11H15N3O3/c1-4-12-11(15)9-7-8(14(16)17)5-6-10(9)13(2)3/h5-7H,4H2,1-3H3,(H,12,15). The zero-order valence-corrected chi connectivity index (χ0v) is 10.1. The van der Waals surface area contributed by atoms with E-state index in [1.165, 1.54) is 12.1 Å². The summed E-state index contributed by atoms with van der Waals surface area (Å²) in [6.07, 6.45) is 0. The maximum atomic E-state index is 11.8. The molecule has 1 aromatic rings. The smallest absolute Gasteiger partial charge is 0.270 e. The van der Waals surface area contributed by atoms with Gasteiger partial charge in [-0.3, -0.25) is 14.9 Å². The number of amides is 1. The van der Waals surface area contributed by atoms with Crippen LogP contribution >= 0.6 is 0 Å². The van der Waals surface area contributed by atoms with Gasteiger partial charge in [0.25, 0.3) is 11.6 Å². The third-order valence-electron chi connectivity index (χ3n) is 2.25. The lowest BCUT2D eigenvalue weighted by Gasteiger charge is -2.16. The molecule has 17 heavy (non-hydrogen) atoms. The van der Waals surface area contributed by atoms with Crippen LogP contribution in [0.3, 0.4) is 0 Å². The van der Waals surface area contributed by atoms with Crippen molar-refractivity contribution >= 4 is 17.3 Å². The molecule has 0 radical (unpaired) electrons. The Labute approximate surface area is 99.4 Å². The summed E-state index contributed by atoms with van der Waals surface area (Å²) in [5, 5.41) is 13.3. The average Bonchev–Trinajstić information content (AvgIpc) is 2.28. The number of nitro benzene ring substituents is 1. The number of nitrogens with one attached hydrogen (secondary N) is 1. The second kappa shape index (κ2) is 5.29. The van der Waals surface area contributed by atoms with Gasteiger partial charge in [-0.2, -0.15) is 0 Å². The van der Waals surface area contributed by atoms with Crippen molar-refractivity contribution in [2.24, 2.45) is 0 Å². The van der Waals surface area contributed by atoms with E-state index in [0.717, 1.165) is 0 Å². The molecule has 1 N–H and O–H groups in total. The molecule has 0 aliphatic heterocycles. The molecular formula is C11H15N3O3. The van der Waals surface area contributed by atoms with Crippen LogP contribution < -0.4 is 10.2 Å². The van der Waals surface area contributed by atoms with Gasteiger partial charge in [-0.15, -0.1) is 0 Å². The fourth-order valence-corrected chi connectivity index (χ4v) is 1.47. The fourth-order valence-electron chi connectivity index (χ4n) is 1.47. The number of hydrogen-bond acceptors (Lipinski definition) is 4. The Kier molecular flexibility index (Phi) is 4.03. The van der Waals surface area contributed by atoms with Crippen LogP contribution in [0.15, 0.2) is 18.2 Å². The van der Waals surface area contributed by atoms with Crippen LogP contribution in [0.4, 0.5) is 11.4 Å². The van der Waals surface area contributed by atoms with E-state index in [9.17, 15) is 14.9 Å². The highest BCUT2D eigenvalue weighted by Gasteiger charge is 2.17. The number of hydrogen-bond donors (Lipinski definition) is 1. The first-order valence-electron chi connectivity index (χ1n) is 5.21. The molecule has 0 aliphatic carbocycles. The van der Waals surface area contributed by atoms with Crippen LogP contribution in [0.25, 0.3) is 0 Å². The lowest BCUT2D eigenvalue weighted by Crippen LogP contribution is -2.25. The molecule has 6 nitrogen and oxygen atoms in total. The second-order valence-corrected chi connectivity index (χ2v) is 3.71. The van der Waals surface area contributed by atoms with Gasteiger partial charge >= 0.3 is 0 Å². The van der Waals surface area contributed by atoms with Crippen LogP contribution in [0, 0.1) is 10.1 Å². The molecule has 0 aromatic heterocycles. The van der Waals surface area contributed by atoms with E-state index in [-0.39, 0.29) is 11.6 Å². The topological polar surface area (TPSA) is 75.5 Å². The minimum absolute atomic E-state index is 0.0862. The molecule has 6 heteroatoms. The Bertz CT molecular complexity index is 444. The van der Waals surface area contributed by atoms with Crippen LogP contribution in [-0.2, 0) is 0 Å². The minimum atomic E-state index is -0.512. The average molecular weight is 237 g/mol. The number of rotatable bonds is 4. The Hall–Kier alpha value is -2.11. The number of carbonyl (C=O) groups excluding carboxylic acids is 1. The summed E-state index contributed by atoms with van der Waals surface area (Å²) in [4.78, 5) is 23.7. The van der Waals surface area contributed by atoms with Crippen molar-refractivity contribution in [3.63, 3.8) is 0 Å². The number of anilines is 1. The summed E-state index contributed by atoms with van der Waals surface area (Å²) in [5.74, 6) is -0.306. The molecule has 0 bridgehead atoms. The van der Waals surface area contributed by atoms with E-state index < -0.39 is 4.92 Å². The van der Waals surface area contributed by atoms with E-state index in [0.29, 0.717) is 17.8 Å². The number of carbonyl (C=O) groups is 1. The first-order valence-corrected chi connectivity index (χ1v) is 5.21. The van der Waals surface area contributed by atoms with Gasteiger partial charge in [0.2, 0.25) is 0 Å². The van der Waals surface area contributed by atoms with Crippen molar-refractivity contribution in [2.45, 2.75) is 6.92 Å². The van der Waals surface area contributed by atoms with Crippen LogP contribution in [0.5, 0.6) is 0 Å². The van der Waals surface area contributed by atoms with Gasteiger partial charge in [-0.05, 0) is 13.0 Å². The summed E-state index contributed by atoms with van der Waals surface area (Å²) in [7, 11) is 3.56. The molecule has 0 aliphatic rings. The Morgan fingerprint density at radius 2 is 2.12 bits per heavy atom. The summed E-state index contributed by atoms with van der Waals surface area (Å²) < 4.78 is 0. The van der Waals surface area contributed by atoms with Gasteiger partial charge in [-0.1, -0.05) is 0 Å². The van der Waals surface area contributed by atoms with E-state index in [2.05, 4.69) is 5.32 Å². The highest BCUT2D eigenvalue weighted by molar-refractivity contribution is 6.00. The Balaban J connectivity index is 3.25. The fraction of sp³-hybridized carbons (Fsp3) is 0.364. The van der Waals surface area contributed by atoms with Gasteiger partial charge in [0.15, 0.2) is 0 Å². The molecule has 0 fully saturated rings. The SMILES string of the molecule is CCNC(=O)c1cc([N+](=O)[O-])ccc1N(C)C. The van der Waals surface area contributed by atoms with E-state index in [1.54, 1.807) is 32.0 Å². The summed E-state index contributed by atoms with van der Waals surface area (Å²) in [5.41, 5.74) is 0.879. The number of nitrogens with zero attached hydrogens (tertiary/aromatic N) is 2. The van der Waals surface area contributed by atoms with E-state index in [4.69, 9.17) is 0 Å². The molecule has 0 atom stereocenters. The lowest BCUT2D eigenvalue weighted by molar-refractivity contribution is -0.384. The Morgan fingerprint density at radius 1 is 1.47 bits per heavy atom. The maximum absolute atomic E-state index is 11.8. The first kappa shape index (κ1) is 13.0. The quantitative estimate of drug-likeness (QED) is 0.634. The van der Waals surface area contributed by atoms with Gasteiger partial charge in [0.1, 0.15) is 0 Å². The van der Waals surface area contributed by atoms with Gasteiger partial charge in [-0.25, -0.2) is 0 Å². The number of non-ortho nitro benzene ring substituents is 1. The normalized spacial score (nSPS) is 9.82. The van der Waals surface area contributed by atoms with Crippen molar-refractivity contribution in [2.75, 3.05) is 25.5 Å². The van der Waals surface area contributed by atoms with Crippen molar-refractivity contribution in [1.29, 1.82) is 0 Å².